The lowest BCUT2D eigenvalue weighted by Gasteiger charge is -2.09. The fourth-order valence-corrected chi connectivity index (χ4v) is 4.67. The number of pyridine rings is 1. The second-order valence-electron chi connectivity index (χ2n) is 9.68. The Labute approximate surface area is 239 Å². The van der Waals surface area contributed by atoms with Gasteiger partial charge in [-0.15, -0.1) is 0 Å². The number of benzene rings is 3. The molecule has 202 valence electrons. The lowest BCUT2D eigenvalue weighted by molar-refractivity contribution is 0.299. The average molecular weight is 539 g/mol. The number of methoxy groups -OCH3 is 1. The molecule has 6 heteroatoms. The molecule has 3 aromatic carbocycles. The molecular formula is C35H30N4O2. The predicted molar refractivity (Wildman–Crippen MR) is 165 cm³/mol. The molecule has 0 saturated heterocycles. The minimum absolute atomic E-state index is 0.401. The predicted octanol–water partition coefficient (Wildman–Crippen LogP) is 7.74. The van der Waals surface area contributed by atoms with Gasteiger partial charge in [-0.3, -0.25) is 10.1 Å². The Balaban J connectivity index is 1.12. The molecule has 0 aliphatic rings. The number of nitrogens with zero attached hydrogens (tertiary/aromatic N) is 3. The number of ether oxygens (including phenoxy) is 2. The molecule has 0 saturated carbocycles. The summed E-state index contributed by atoms with van der Waals surface area (Å²) >= 11 is 0. The Morgan fingerprint density at radius 1 is 0.829 bits per heavy atom. The third-order valence-corrected chi connectivity index (χ3v) is 6.82. The maximum absolute atomic E-state index is 5.88. The van der Waals surface area contributed by atoms with E-state index < -0.39 is 0 Å². The summed E-state index contributed by atoms with van der Waals surface area (Å²) in [4.78, 5) is 4.29. The van der Waals surface area contributed by atoms with E-state index in [1.807, 2.05) is 66.8 Å². The van der Waals surface area contributed by atoms with Crippen LogP contribution in [0.4, 0.5) is 0 Å². The van der Waals surface area contributed by atoms with Crippen molar-refractivity contribution in [3.63, 3.8) is 0 Å². The number of hydrogen-bond acceptors (Lipinski definition) is 4. The first kappa shape index (κ1) is 25.9. The van der Waals surface area contributed by atoms with Crippen LogP contribution in [-0.4, -0.2) is 26.9 Å². The van der Waals surface area contributed by atoms with Gasteiger partial charge in [0, 0.05) is 36.1 Å². The van der Waals surface area contributed by atoms with E-state index >= 15 is 0 Å². The highest BCUT2D eigenvalue weighted by molar-refractivity contribution is 5.84. The smallest absolute Gasteiger partial charge is 0.130 e. The third-order valence-electron chi connectivity index (χ3n) is 6.82. The Bertz CT molecular complexity index is 1800. The minimum atomic E-state index is 0.401. The maximum Gasteiger partial charge on any atom is 0.130 e. The molecule has 6 rings (SSSR count). The largest absolute Gasteiger partial charge is 0.496 e. The van der Waals surface area contributed by atoms with Crippen LogP contribution in [-0.2, 0) is 13.2 Å². The monoisotopic (exact) mass is 538 g/mol. The van der Waals surface area contributed by atoms with Crippen LogP contribution < -0.4 is 9.47 Å². The molecule has 0 unspecified atom stereocenters. The fourth-order valence-electron chi connectivity index (χ4n) is 4.67. The van der Waals surface area contributed by atoms with Gasteiger partial charge in [0.1, 0.15) is 18.1 Å². The topological polar surface area (TPSA) is 65.0 Å². The number of H-pyrrole nitrogens is 1. The number of nitrogens with one attached hydrogen (secondary N) is 1. The third kappa shape index (κ3) is 6.45. The summed E-state index contributed by atoms with van der Waals surface area (Å²) in [6.07, 6.45) is 12.0. The summed E-state index contributed by atoms with van der Waals surface area (Å²) in [5.41, 5.74) is 7.19. The highest BCUT2D eigenvalue weighted by Crippen LogP contribution is 2.27. The number of rotatable bonds is 10. The zero-order valence-corrected chi connectivity index (χ0v) is 22.8. The van der Waals surface area contributed by atoms with E-state index in [1.54, 1.807) is 13.3 Å². The van der Waals surface area contributed by atoms with Gasteiger partial charge in [-0.2, -0.15) is 5.10 Å². The van der Waals surface area contributed by atoms with Crippen molar-refractivity contribution in [1.82, 2.24) is 19.7 Å². The molecule has 0 fully saturated rings. The molecule has 0 radical (unpaired) electrons. The second-order valence-corrected chi connectivity index (χ2v) is 9.68. The first-order valence-corrected chi connectivity index (χ1v) is 13.5. The van der Waals surface area contributed by atoms with Crippen molar-refractivity contribution in [3.8, 4) is 11.5 Å². The Hall–Kier alpha value is -5.36. The van der Waals surface area contributed by atoms with Crippen molar-refractivity contribution in [2.45, 2.75) is 13.2 Å². The fraction of sp³-hybridized carbons (Fsp3) is 0.0857. The maximum atomic E-state index is 5.88. The number of hydrogen-bond donors (Lipinski definition) is 1. The molecule has 41 heavy (non-hydrogen) atoms. The van der Waals surface area contributed by atoms with E-state index in [0.29, 0.717) is 6.61 Å². The summed E-state index contributed by atoms with van der Waals surface area (Å²) in [6.45, 7) is 1.25. The zero-order chi connectivity index (χ0) is 27.9. The average Bonchev–Trinajstić information content (AvgIpc) is 3.65. The zero-order valence-electron chi connectivity index (χ0n) is 22.8. The second kappa shape index (κ2) is 12.2. The van der Waals surface area contributed by atoms with E-state index in [9.17, 15) is 0 Å². The minimum Gasteiger partial charge on any atom is -0.496 e. The molecule has 0 aliphatic carbocycles. The van der Waals surface area contributed by atoms with E-state index in [1.165, 1.54) is 16.5 Å². The first-order chi connectivity index (χ1) is 20.2. The quantitative estimate of drug-likeness (QED) is 0.194. The van der Waals surface area contributed by atoms with Crippen LogP contribution in [0.15, 0.2) is 109 Å². The number of aromatic nitrogens is 4. The first-order valence-electron chi connectivity index (χ1n) is 13.5. The van der Waals surface area contributed by atoms with Crippen molar-refractivity contribution >= 4 is 35.2 Å². The Morgan fingerprint density at radius 3 is 2.59 bits per heavy atom. The van der Waals surface area contributed by atoms with Crippen LogP contribution in [0.3, 0.4) is 0 Å². The lowest BCUT2D eigenvalue weighted by Crippen LogP contribution is -1.98. The summed E-state index contributed by atoms with van der Waals surface area (Å²) < 4.78 is 13.8. The molecule has 0 aliphatic heterocycles. The molecule has 3 heterocycles. The van der Waals surface area contributed by atoms with Gasteiger partial charge in [-0.1, -0.05) is 54.6 Å². The molecule has 3 aromatic heterocycles. The van der Waals surface area contributed by atoms with Gasteiger partial charge in [0.2, 0.25) is 0 Å². The van der Waals surface area contributed by atoms with Gasteiger partial charge in [0.15, 0.2) is 0 Å². The van der Waals surface area contributed by atoms with Crippen molar-refractivity contribution in [1.29, 1.82) is 0 Å². The van der Waals surface area contributed by atoms with E-state index in [-0.39, 0.29) is 0 Å². The number of aromatic amines is 1. The van der Waals surface area contributed by atoms with Gasteiger partial charge in [-0.25, -0.2) is 0 Å². The molecule has 1 N–H and O–H groups in total. The SMILES string of the molecule is COc1cc(OCc2ccccn2)ccc1/C=C/c1cc(/C=C/c2ccc3ccn(Cc4ccccc4)c3c2)n[nH]1. The van der Waals surface area contributed by atoms with Crippen LogP contribution in [0, 0.1) is 0 Å². The van der Waals surface area contributed by atoms with E-state index in [0.717, 1.165) is 46.3 Å². The molecule has 0 spiro atoms. The van der Waals surface area contributed by atoms with Crippen molar-refractivity contribution in [2.24, 2.45) is 0 Å². The summed E-state index contributed by atoms with van der Waals surface area (Å²) in [6, 6.07) is 32.8. The van der Waals surface area contributed by atoms with Crippen molar-refractivity contribution in [2.75, 3.05) is 7.11 Å². The van der Waals surface area contributed by atoms with Crippen LogP contribution in [0.5, 0.6) is 11.5 Å². The van der Waals surface area contributed by atoms with Gasteiger partial charge in [0.25, 0.3) is 0 Å². The molecule has 0 atom stereocenters. The number of fused-ring (bicyclic) bond motifs is 1. The normalized spacial score (nSPS) is 11.5. The summed E-state index contributed by atoms with van der Waals surface area (Å²) in [5.74, 6) is 1.45. The van der Waals surface area contributed by atoms with Gasteiger partial charge in [0.05, 0.1) is 24.2 Å². The Morgan fingerprint density at radius 2 is 1.73 bits per heavy atom. The van der Waals surface area contributed by atoms with Crippen LogP contribution in [0.25, 0.3) is 35.2 Å². The molecular weight excluding hydrogens is 508 g/mol. The van der Waals surface area contributed by atoms with E-state index in [2.05, 4.69) is 80.6 Å². The molecule has 6 nitrogen and oxygen atoms in total. The molecule has 6 aromatic rings. The highest BCUT2D eigenvalue weighted by Gasteiger charge is 2.06. The van der Waals surface area contributed by atoms with Gasteiger partial charge >= 0.3 is 0 Å². The van der Waals surface area contributed by atoms with Crippen LogP contribution in [0.1, 0.15) is 33.8 Å². The van der Waals surface area contributed by atoms with Crippen LogP contribution >= 0.6 is 0 Å². The van der Waals surface area contributed by atoms with Crippen molar-refractivity contribution < 1.29 is 9.47 Å². The standard InChI is InChI=1S/C35H30N4O2/c1-40-35-23-33(41-25-32-9-5-6-19-36-32)17-14-29(35)13-16-31-22-30(37-38-31)15-11-26-10-12-28-18-20-39(34(28)21-26)24-27-7-3-2-4-8-27/h2-23H,24-25H2,1H3,(H,37,38)/b15-11+,16-13+. The van der Waals surface area contributed by atoms with Gasteiger partial charge < -0.3 is 14.0 Å². The Kier molecular flexibility index (Phi) is 7.72. The lowest BCUT2D eigenvalue weighted by atomic mass is 10.1. The molecule has 0 bridgehead atoms. The van der Waals surface area contributed by atoms with Crippen molar-refractivity contribution in [3.05, 3.63) is 143 Å². The molecule has 0 amide bonds. The van der Waals surface area contributed by atoms with Gasteiger partial charge in [-0.05, 0) is 77.2 Å². The highest BCUT2D eigenvalue weighted by atomic mass is 16.5. The summed E-state index contributed by atoms with van der Waals surface area (Å²) in [7, 11) is 1.66. The summed E-state index contributed by atoms with van der Waals surface area (Å²) in [5, 5.41) is 8.78. The van der Waals surface area contributed by atoms with Crippen LogP contribution in [0.2, 0.25) is 0 Å². The van der Waals surface area contributed by atoms with E-state index in [4.69, 9.17) is 9.47 Å².